The molecular formula is C15H21NO5S. The molecule has 0 saturated carbocycles. The molecule has 5 atom stereocenters. The molecule has 3 fully saturated rings. The standard InChI is InChI=1S/C15H21NO5S/c1-14(2)18-10-9(6-5-7-22-8-16)17-13-12(11(10)19-14)20-15(3,4)21-13/h5-6,9-13H,7H2,1-4H3/b6-5-/t9-,10+,11+,12-,13-/m1/s1. The van der Waals surface area contributed by atoms with Gasteiger partial charge < -0.3 is 23.7 Å². The summed E-state index contributed by atoms with van der Waals surface area (Å²) in [5.41, 5.74) is 0. The zero-order chi connectivity index (χ0) is 16.0. The fourth-order valence-electron chi connectivity index (χ4n) is 3.07. The highest BCUT2D eigenvalue weighted by Gasteiger charge is 2.60. The Morgan fingerprint density at radius 2 is 1.64 bits per heavy atom. The second kappa shape index (κ2) is 5.78. The van der Waals surface area contributed by atoms with Crippen LogP contribution in [0.3, 0.4) is 0 Å². The van der Waals surface area contributed by atoms with Crippen LogP contribution in [0.4, 0.5) is 0 Å². The number of thioether (sulfide) groups is 1. The molecule has 0 bridgehead atoms. The van der Waals surface area contributed by atoms with Crippen LogP contribution >= 0.6 is 11.8 Å². The van der Waals surface area contributed by atoms with E-state index in [1.165, 1.54) is 11.8 Å². The van der Waals surface area contributed by atoms with E-state index >= 15 is 0 Å². The fourth-order valence-corrected chi connectivity index (χ4v) is 3.35. The maximum absolute atomic E-state index is 8.57. The van der Waals surface area contributed by atoms with Crippen molar-refractivity contribution in [2.24, 2.45) is 0 Å². The topological polar surface area (TPSA) is 69.9 Å². The molecule has 0 spiro atoms. The Bertz CT molecular complexity index is 501. The molecule has 0 aliphatic carbocycles. The lowest BCUT2D eigenvalue weighted by Crippen LogP contribution is -2.54. The van der Waals surface area contributed by atoms with Gasteiger partial charge in [0, 0.05) is 5.75 Å². The van der Waals surface area contributed by atoms with Gasteiger partial charge >= 0.3 is 0 Å². The molecule has 0 aromatic rings. The number of nitrogens with zero attached hydrogens (tertiary/aromatic N) is 1. The second-order valence-corrected chi connectivity index (χ2v) is 7.27. The Labute approximate surface area is 134 Å². The van der Waals surface area contributed by atoms with Gasteiger partial charge in [0.25, 0.3) is 0 Å². The molecule has 3 aliphatic rings. The van der Waals surface area contributed by atoms with Gasteiger partial charge in [0.2, 0.25) is 0 Å². The highest BCUT2D eigenvalue weighted by atomic mass is 32.2. The van der Waals surface area contributed by atoms with Crippen molar-refractivity contribution in [1.29, 1.82) is 5.26 Å². The normalized spacial score (nSPS) is 42.0. The van der Waals surface area contributed by atoms with Gasteiger partial charge in [0.05, 0.1) is 0 Å². The highest BCUT2D eigenvalue weighted by molar-refractivity contribution is 8.03. The number of hydrogen-bond donors (Lipinski definition) is 0. The van der Waals surface area contributed by atoms with Crippen molar-refractivity contribution in [3.8, 4) is 5.40 Å². The summed E-state index contributed by atoms with van der Waals surface area (Å²) in [5, 5.41) is 10.6. The van der Waals surface area contributed by atoms with Crippen molar-refractivity contribution in [2.75, 3.05) is 5.75 Å². The quantitative estimate of drug-likeness (QED) is 0.447. The number of fused-ring (bicyclic) bond motifs is 3. The third-order valence-electron chi connectivity index (χ3n) is 3.76. The third-order valence-corrected chi connectivity index (χ3v) is 4.25. The summed E-state index contributed by atoms with van der Waals surface area (Å²) in [4.78, 5) is 0. The minimum absolute atomic E-state index is 0.242. The van der Waals surface area contributed by atoms with Crippen LogP contribution in [0.5, 0.6) is 0 Å². The van der Waals surface area contributed by atoms with Crippen LogP contribution in [-0.4, -0.2) is 48.0 Å². The Balaban J connectivity index is 1.78. The van der Waals surface area contributed by atoms with Crippen LogP contribution in [0.1, 0.15) is 27.7 Å². The number of hydrogen-bond acceptors (Lipinski definition) is 7. The van der Waals surface area contributed by atoms with Gasteiger partial charge in [-0.15, -0.1) is 0 Å². The van der Waals surface area contributed by atoms with Gasteiger partial charge in [0.1, 0.15) is 29.8 Å². The Morgan fingerprint density at radius 3 is 2.36 bits per heavy atom. The molecule has 0 unspecified atom stereocenters. The van der Waals surface area contributed by atoms with Crippen LogP contribution in [0.25, 0.3) is 0 Å². The molecule has 0 amide bonds. The molecule has 3 heterocycles. The molecule has 6 nitrogen and oxygen atoms in total. The van der Waals surface area contributed by atoms with E-state index in [2.05, 4.69) is 0 Å². The van der Waals surface area contributed by atoms with Crippen molar-refractivity contribution in [2.45, 2.75) is 70.0 Å². The SMILES string of the molecule is CC1(C)O[C@H]2[C@@H](O1)[C@@H](/C=C\CSC#N)O[C@@H]1OC(C)(C)O[C@@H]12. The summed E-state index contributed by atoms with van der Waals surface area (Å²) in [6, 6.07) is 0. The molecule has 0 radical (unpaired) electrons. The molecule has 3 rings (SSSR count). The minimum Gasteiger partial charge on any atom is -0.342 e. The van der Waals surface area contributed by atoms with E-state index in [1.54, 1.807) is 0 Å². The van der Waals surface area contributed by atoms with Crippen molar-refractivity contribution < 1.29 is 23.7 Å². The van der Waals surface area contributed by atoms with Gasteiger partial charge in [-0.3, -0.25) is 0 Å². The van der Waals surface area contributed by atoms with Crippen molar-refractivity contribution >= 4 is 11.8 Å². The first kappa shape index (κ1) is 16.2. The van der Waals surface area contributed by atoms with E-state index in [9.17, 15) is 0 Å². The minimum atomic E-state index is -0.703. The van der Waals surface area contributed by atoms with E-state index in [1.807, 2.05) is 45.2 Å². The van der Waals surface area contributed by atoms with E-state index in [0.29, 0.717) is 5.75 Å². The summed E-state index contributed by atoms with van der Waals surface area (Å²) in [5.74, 6) is -0.780. The molecule has 7 heteroatoms. The van der Waals surface area contributed by atoms with E-state index in [-0.39, 0.29) is 24.4 Å². The maximum atomic E-state index is 8.57. The van der Waals surface area contributed by atoms with Crippen molar-refractivity contribution in [3.63, 3.8) is 0 Å². The number of ether oxygens (including phenoxy) is 5. The van der Waals surface area contributed by atoms with E-state index in [4.69, 9.17) is 28.9 Å². The number of rotatable bonds is 3. The van der Waals surface area contributed by atoms with E-state index in [0.717, 1.165) is 0 Å². The second-order valence-electron chi connectivity index (χ2n) is 6.46. The largest absolute Gasteiger partial charge is 0.342 e. The molecule has 3 saturated heterocycles. The summed E-state index contributed by atoms with van der Waals surface area (Å²) in [6.07, 6.45) is 2.26. The maximum Gasteiger partial charge on any atom is 0.190 e. The zero-order valence-electron chi connectivity index (χ0n) is 13.1. The number of nitriles is 1. The molecule has 122 valence electrons. The molecule has 0 aromatic heterocycles. The van der Waals surface area contributed by atoms with Crippen LogP contribution in [0, 0.1) is 10.7 Å². The van der Waals surface area contributed by atoms with Gasteiger partial charge in [-0.25, -0.2) is 0 Å². The van der Waals surface area contributed by atoms with Gasteiger partial charge in [-0.2, -0.15) is 5.26 Å². The molecule has 3 aliphatic heterocycles. The van der Waals surface area contributed by atoms with Gasteiger partial charge in [0.15, 0.2) is 17.9 Å². The Kier molecular flexibility index (Phi) is 4.27. The average molecular weight is 327 g/mol. The average Bonchev–Trinajstić information content (AvgIpc) is 2.89. The Morgan fingerprint density at radius 1 is 1.00 bits per heavy atom. The predicted molar refractivity (Wildman–Crippen MR) is 79.7 cm³/mol. The first-order valence-electron chi connectivity index (χ1n) is 7.36. The lowest BCUT2D eigenvalue weighted by atomic mass is 9.99. The summed E-state index contributed by atoms with van der Waals surface area (Å²) in [7, 11) is 0. The summed E-state index contributed by atoms with van der Waals surface area (Å²) in [6.45, 7) is 7.49. The van der Waals surface area contributed by atoms with Gasteiger partial charge in [-0.05, 0) is 39.5 Å². The first-order chi connectivity index (χ1) is 10.3. The lowest BCUT2D eigenvalue weighted by Gasteiger charge is -2.36. The fraction of sp³-hybridized carbons (Fsp3) is 0.800. The van der Waals surface area contributed by atoms with Crippen LogP contribution in [0.2, 0.25) is 0 Å². The zero-order valence-corrected chi connectivity index (χ0v) is 14.0. The van der Waals surface area contributed by atoms with Crippen molar-refractivity contribution in [1.82, 2.24) is 0 Å². The number of thiocyanates is 1. The lowest BCUT2D eigenvalue weighted by molar-refractivity contribution is -0.222. The van der Waals surface area contributed by atoms with E-state index < -0.39 is 17.9 Å². The van der Waals surface area contributed by atoms with Crippen LogP contribution in [-0.2, 0) is 23.7 Å². The molecular weight excluding hydrogens is 306 g/mol. The summed E-state index contributed by atoms with van der Waals surface area (Å²) < 4.78 is 29.8. The van der Waals surface area contributed by atoms with Gasteiger partial charge in [-0.1, -0.05) is 12.2 Å². The summed E-state index contributed by atoms with van der Waals surface area (Å²) >= 11 is 1.18. The smallest absolute Gasteiger partial charge is 0.190 e. The van der Waals surface area contributed by atoms with Crippen molar-refractivity contribution in [3.05, 3.63) is 12.2 Å². The Hall–Kier alpha value is -0.620. The predicted octanol–water partition coefficient (Wildman–Crippen LogP) is 2.15. The third kappa shape index (κ3) is 3.18. The molecule has 0 N–H and O–H groups in total. The first-order valence-corrected chi connectivity index (χ1v) is 8.34. The highest BCUT2D eigenvalue weighted by Crippen LogP contribution is 2.44. The van der Waals surface area contributed by atoms with Crippen LogP contribution < -0.4 is 0 Å². The monoisotopic (exact) mass is 327 g/mol. The molecule has 22 heavy (non-hydrogen) atoms. The van der Waals surface area contributed by atoms with Crippen LogP contribution in [0.15, 0.2) is 12.2 Å². The molecule has 0 aromatic carbocycles.